The summed E-state index contributed by atoms with van der Waals surface area (Å²) < 4.78 is 13.0. The highest BCUT2D eigenvalue weighted by molar-refractivity contribution is 7.14. The number of rotatable bonds is 6. The van der Waals surface area contributed by atoms with Gasteiger partial charge in [0, 0.05) is 12.6 Å². The van der Waals surface area contributed by atoms with Crippen LogP contribution < -0.4 is 5.32 Å². The summed E-state index contributed by atoms with van der Waals surface area (Å²) in [6.45, 7) is 0.888. The molecule has 0 radical (unpaired) electrons. The fourth-order valence-electron chi connectivity index (χ4n) is 2.42. The lowest BCUT2D eigenvalue weighted by Crippen LogP contribution is -2.34. The molecule has 1 fully saturated rings. The van der Waals surface area contributed by atoms with Crippen molar-refractivity contribution in [2.45, 2.75) is 25.4 Å². The number of nitrogens with zero attached hydrogens (tertiary/aromatic N) is 2. The molecule has 1 saturated carbocycles. The van der Waals surface area contributed by atoms with Gasteiger partial charge < -0.3 is 5.32 Å². The third-order valence-corrected chi connectivity index (χ3v) is 4.58. The molecule has 0 spiro atoms. The van der Waals surface area contributed by atoms with Crippen LogP contribution in [0.3, 0.4) is 0 Å². The number of benzene rings is 1. The highest BCUT2D eigenvalue weighted by Crippen LogP contribution is 2.28. The number of nitrogens with one attached hydrogen (secondary N) is 1. The number of nitriles is 1. The lowest BCUT2D eigenvalue weighted by molar-refractivity contribution is -0.117. The number of carbonyl (C=O) groups is 1. The molecule has 23 heavy (non-hydrogen) atoms. The van der Waals surface area contributed by atoms with Crippen molar-refractivity contribution in [3.8, 4) is 6.07 Å². The van der Waals surface area contributed by atoms with Crippen molar-refractivity contribution in [3.63, 3.8) is 0 Å². The molecule has 118 valence electrons. The summed E-state index contributed by atoms with van der Waals surface area (Å²) in [5.41, 5.74) is 1.47. The molecule has 1 heterocycles. The number of anilines is 1. The van der Waals surface area contributed by atoms with E-state index in [2.05, 4.69) is 16.3 Å². The molecule has 3 rings (SSSR count). The first-order valence-electron chi connectivity index (χ1n) is 7.41. The van der Waals surface area contributed by atoms with E-state index in [1.165, 1.54) is 23.5 Å². The fourth-order valence-corrected chi connectivity index (χ4v) is 3.18. The zero-order chi connectivity index (χ0) is 16.2. The van der Waals surface area contributed by atoms with Crippen LogP contribution >= 0.6 is 11.3 Å². The van der Waals surface area contributed by atoms with Gasteiger partial charge in [-0.3, -0.25) is 9.69 Å². The Bertz CT molecular complexity index is 731. The number of hydrogen-bond acceptors (Lipinski definition) is 4. The highest BCUT2D eigenvalue weighted by atomic mass is 32.1. The summed E-state index contributed by atoms with van der Waals surface area (Å²) in [6, 6.07) is 10.5. The number of carbonyl (C=O) groups excluding carboxylic acids is 1. The van der Waals surface area contributed by atoms with E-state index in [-0.39, 0.29) is 18.3 Å². The molecular weight excluding hydrogens is 313 g/mol. The van der Waals surface area contributed by atoms with Gasteiger partial charge in [0.2, 0.25) is 5.91 Å². The van der Waals surface area contributed by atoms with Crippen LogP contribution in [0.15, 0.2) is 35.7 Å². The Hall–Kier alpha value is -2.23. The molecule has 0 atom stereocenters. The minimum Gasteiger partial charge on any atom is -0.315 e. The van der Waals surface area contributed by atoms with E-state index in [0.717, 1.165) is 18.4 Å². The third-order valence-electron chi connectivity index (χ3n) is 3.75. The summed E-state index contributed by atoms with van der Waals surface area (Å²) in [5, 5.41) is 14.2. The minimum atomic E-state index is -0.258. The first-order valence-corrected chi connectivity index (χ1v) is 8.29. The lowest BCUT2D eigenvalue weighted by Gasteiger charge is -2.21. The lowest BCUT2D eigenvalue weighted by atomic mass is 10.2. The highest BCUT2D eigenvalue weighted by Gasteiger charge is 2.30. The normalized spacial score (nSPS) is 13.8. The molecule has 1 N–H and O–H groups in total. The molecule has 2 aromatic rings. The van der Waals surface area contributed by atoms with Gasteiger partial charge in [0.15, 0.2) is 0 Å². The average molecular weight is 329 g/mol. The second-order valence-corrected chi connectivity index (χ2v) is 6.50. The second kappa shape index (κ2) is 6.90. The smallest absolute Gasteiger partial charge is 0.239 e. The maximum Gasteiger partial charge on any atom is 0.239 e. The molecule has 0 saturated heterocycles. The number of amides is 1. The van der Waals surface area contributed by atoms with Gasteiger partial charge in [-0.25, -0.2) is 4.39 Å². The maximum absolute atomic E-state index is 13.0. The largest absolute Gasteiger partial charge is 0.315 e. The molecule has 1 aliphatic rings. The first-order chi connectivity index (χ1) is 11.2. The first kappa shape index (κ1) is 15.7. The van der Waals surface area contributed by atoms with Crippen LogP contribution in [-0.4, -0.2) is 23.4 Å². The van der Waals surface area contributed by atoms with Crippen LogP contribution in [0.2, 0.25) is 0 Å². The zero-order valence-electron chi connectivity index (χ0n) is 12.5. The fraction of sp³-hybridized carbons (Fsp3) is 0.294. The Morgan fingerprint density at radius 1 is 1.35 bits per heavy atom. The van der Waals surface area contributed by atoms with Gasteiger partial charge in [0.05, 0.1) is 12.1 Å². The van der Waals surface area contributed by atoms with E-state index in [9.17, 15) is 9.18 Å². The van der Waals surface area contributed by atoms with Crippen LogP contribution in [0.5, 0.6) is 0 Å². The molecule has 1 aromatic heterocycles. The molecule has 0 aliphatic heterocycles. The Kier molecular flexibility index (Phi) is 4.70. The molecule has 0 bridgehead atoms. The van der Waals surface area contributed by atoms with Crippen molar-refractivity contribution in [1.82, 2.24) is 4.90 Å². The Morgan fingerprint density at radius 2 is 2.09 bits per heavy atom. The van der Waals surface area contributed by atoms with Crippen molar-refractivity contribution in [3.05, 3.63) is 52.7 Å². The SMILES string of the molecule is N#Cc1ccsc1NC(=O)CN(Cc1ccc(F)cc1)C1CC1. The van der Waals surface area contributed by atoms with E-state index >= 15 is 0 Å². The monoisotopic (exact) mass is 329 g/mol. The molecule has 1 amide bonds. The predicted octanol–water partition coefficient (Wildman–Crippen LogP) is 3.36. The van der Waals surface area contributed by atoms with Crippen LogP contribution in [0.4, 0.5) is 9.39 Å². The standard InChI is InChI=1S/C17H16FN3OS/c18-14-3-1-12(2-4-14)10-21(15-5-6-15)11-16(22)20-17-13(9-19)7-8-23-17/h1-4,7-8,15H,5-6,10-11H2,(H,20,22). The summed E-state index contributed by atoms with van der Waals surface area (Å²) >= 11 is 1.34. The van der Waals surface area contributed by atoms with E-state index in [1.807, 2.05) is 0 Å². The van der Waals surface area contributed by atoms with E-state index in [1.54, 1.807) is 23.6 Å². The van der Waals surface area contributed by atoms with Crippen molar-refractivity contribution in [2.24, 2.45) is 0 Å². The summed E-state index contributed by atoms with van der Waals surface area (Å²) in [7, 11) is 0. The van der Waals surface area contributed by atoms with Gasteiger partial charge in [0.25, 0.3) is 0 Å². The van der Waals surface area contributed by atoms with Crippen LogP contribution in [-0.2, 0) is 11.3 Å². The van der Waals surface area contributed by atoms with Gasteiger partial charge in [0.1, 0.15) is 16.9 Å². The molecule has 4 nitrogen and oxygen atoms in total. The van der Waals surface area contributed by atoms with Gasteiger partial charge >= 0.3 is 0 Å². The Morgan fingerprint density at radius 3 is 2.74 bits per heavy atom. The van der Waals surface area contributed by atoms with E-state index < -0.39 is 0 Å². The Balaban J connectivity index is 1.62. The van der Waals surface area contributed by atoms with Crippen molar-refractivity contribution >= 4 is 22.2 Å². The quantitative estimate of drug-likeness (QED) is 0.884. The second-order valence-electron chi connectivity index (χ2n) is 5.59. The summed E-state index contributed by atoms with van der Waals surface area (Å²) in [4.78, 5) is 14.3. The van der Waals surface area contributed by atoms with Crippen LogP contribution in [0, 0.1) is 17.1 Å². The van der Waals surface area contributed by atoms with Crippen molar-refractivity contribution in [2.75, 3.05) is 11.9 Å². The Labute approximate surface area is 138 Å². The van der Waals surface area contributed by atoms with Gasteiger partial charge in [-0.05, 0) is 42.0 Å². The molecule has 6 heteroatoms. The maximum atomic E-state index is 13.0. The molecule has 1 aliphatic carbocycles. The topological polar surface area (TPSA) is 56.1 Å². The molecular formula is C17H16FN3OS. The van der Waals surface area contributed by atoms with Gasteiger partial charge in [-0.1, -0.05) is 12.1 Å². The predicted molar refractivity (Wildman–Crippen MR) is 87.5 cm³/mol. The molecule has 0 unspecified atom stereocenters. The van der Waals surface area contributed by atoms with E-state index in [0.29, 0.717) is 23.2 Å². The van der Waals surface area contributed by atoms with Crippen molar-refractivity contribution < 1.29 is 9.18 Å². The molecule has 1 aromatic carbocycles. The number of thiophene rings is 1. The summed E-state index contributed by atoms with van der Waals surface area (Å²) in [6.07, 6.45) is 2.16. The van der Waals surface area contributed by atoms with Crippen LogP contribution in [0.25, 0.3) is 0 Å². The number of hydrogen-bond donors (Lipinski definition) is 1. The third kappa shape index (κ3) is 4.15. The zero-order valence-corrected chi connectivity index (χ0v) is 13.3. The van der Waals surface area contributed by atoms with Gasteiger partial charge in [-0.15, -0.1) is 11.3 Å². The minimum absolute atomic E-state index is 0.127. The summed E-state index contributed by atoms with van der Waals surface area (Å²) in [5.74, 6) is -0.385. The van der Waals surface area contributed by atoms with Gasteiger partial charge in [-0.2, -0.15) is 5.26 Å². The van der Waals surface area contributed by atoms with Crippen LogP contribution in [0.1, 0.15) is 24.0 Å². The van der Waals surface area contributed by atoms with Crippen molar-refractivity contribution in [1.29, 1.82) is 5.26 Å². The average Bonchev–Trinajstić information content (AvgIpc) is 3.29. The van der Waals surface area contributed by atoms with E-state index in [4.69, 9.17) is 5.26 Å². The number of halogens is 1.